The molecule has 1 N–H and O–H groups in total. The van der Waals surface area contributed by atoms with Gasteiger partial charge < -0.3 is 9.84 Å². The molecular formula is C13H12Cl2O4. The molecule has 0 aromatic heterocycles. The van der Waals surface area contributed by atoms with Crippen LogP contribution in [0.3, 0.4) is 0 Å². The first-order chi connectivity index (χ1) is 8.88. The van der Waals surface area contributed by atoms with Crippen LogP contribution in [0.5, 0.6) is 0 Å². The molecule has 0 saturated carbocycles. The molecule has 0 radical (unpaired) electrons. The molecule has 19 heavy (non-hydrogen) atoms. The zero-order valence-electron chi connectivity index (χ0n) is 10.1. The fourth-order valence-electron chi connectivity index (χ4n) is 1.42. The van der Waals surface area contributed by atoms with Crippen LogP contribution in [0.25, 0.3) is 0 Å². The molecule has 102 valence electrons. The largest absolute Gasteiger partial charge is 0.478 e. The second-order valence-corrected chi connectivity index (χ2v) is 4.69. The van der Waals surface area contributed by atoms with Gasteiger partial charge in [0, 0.05) is 18.6 Å². The number of esters is 1. The predicted molar refractivity (Wildman–Crippen MR) is 72.5 cm³/mol. The average Bonchev–Trinajstić information content (AvgIpc) is 2.31. The molecule has 1 rings (SSSR count). The second-order valence-electron chi connectivity index (χ2n) is 3.87. The highest BCUT2D eigenvalue weighted by atomic mass is 35.5. The molecular weight excluding hydrogens is 291 g/mol. The van der Waals surface area contributed by atoms with Crippen LogP contribution in [0.15, 0.2) is 30.4 Å². The monoisotopic (exact) mass is 302 g/mol. The number of halogens is 2. The minimum atomic E-state index is -1.20. The summed E-state index contributed by atoms with van der Waals surface area (Å²) >= 11 is 11.7. The van der Waals surface area contributed by atoms with Crippen LogP contribution in [0.2, 0.25) is 10.0 Å². The third-order valence-corrected chi connectivity index (χ3v) is 2.93. The van der Waals surface area contributed by atoms with Crippen molar-refractivity contribution in [2.75, 3.05) is 0 Å². The van der Waals surface area contributed by atoms with Gasteiger partial charge in [-0.2, -0.15) is 0 Å². The van der Waals surface area contributed by atoms with Crippen LogP contribution in [-0.2, 0) is 20.7 Å². The maximum Gasteiger partial charge on any atom is 0.331 e. The predicted octanol–water partition coefficient (Wildman–Crippen LogP) is 3.11. The Labute approximate surface area is 120 Å². The summed E-state index contributed by atoms with van der Waals surface area (Å²) in [5.74, 6) is -1.90. The number of ether oxygens (including phenoxy) is 1. The van der Waals surface area contributed by atoms with Crippen molar-refractivity contribution in [3.8, 4) is 0 Å². The Morgan fingerprint density at radius 3 is 2.58 bits per heavy atom. The first-order valence-corrected chi connectivity index (χ1v) is 6.19. The van der Waals surface area contributed by atoms with Gasteiger partial charge in [-0.3, -0.25) is 0 Å². The molecule has 0 aliphatic rings. The van der Waals surface area contributed by atoms with Crippen molar-refractivity contribution in [3.63, 3.8) is 0 Å². The van der Waals surface area contributed by atoms with Gasteiger partial charge >= 0.3 is 11.9 Å². The quantitative estimate of drug-likeness (QED) is 0.670. The lowest BCUT2D eigenvalue weighted by atomic mass is 10.1. The van der Waals surface area contributed by atoms with Gasteiger partial charge in [-0.25, -0.2) is 9.59 Å². The molecule has 0 fully saturated rings. The van der Waals surface area contributed by atoms with E-state index < -0.39 is 18.0 Å². The Morgan fingerprint density at radius 2 is 2.00 bits per heavy atom. The lowest BCUT2D eigenvalue weighted by Gasteiger charge is -2.12. The van der Waals surface area contributed by atoms with Crippen LogP contribution >= 0.6 is 23.2 Å². The molecule has 1 atom stereocenters. The minimum Gasteiger partial charge on any atom is -0.478 e. The van der Waals surface area contributed by atoms with Gasteiger partial charge in [-0.15, -0.1) is 0 Å². The molecule has 1 aromatic rings. The Balaban J connectivity index is 2.55. The van der Waals surface area contributed by atoms with Crippen molar-refractivity contribution in [2.45, 2.75) is 19.4 Å². The fraction of sp³-hybridized carbons (Fsp3) is 0.231. The lowest BCUT2D eigenvalue weighted by molar-refractivity contribution is -0.142. The van der Waals surface area contributed by atoms with Crippen LogP contribution in [-0.4, -0.2) is 23.1 Å². The van der Waals surface area contributed by atoms with Gasteiger partial charge in [0.05, 0.1) is 10.0 Å². The Hall–Kier alpha value is -1.52. The fourth-order valence-corrected chi connectivity index (χ4v) is 1.74. The van der Waals surface area contributed by atoms with E-state index in [4.69, 9.17) is 33.0 Å². The first kappa shape index (κ1) is 15.5. The summed E-state index contributed by atoms with van der Waals surface area (Å²) in [6.07, 6.45) is 1.66. The Morgan fingerprint density at radius 1 is 1.32 bits per heavy atom. The van der Waals surface area contributed by atoms with Gasteiger partial charge in [0.1, 0.15) is 6.10 Å². The van der Waals surface area contributed by atoms with Crippen LogP contribution in [0.4, 0.5) is 0 Å². The maximum absolute atomic E-state index is 11.2. The highest BCUT2D eigenvalue weighted by Crippen LogP contribution is 2.23. The molecule has 0 spiro atoms. The number of carboxylic acids is 1. The summed E-state index contributed by atoms with van der Waals surface area (Å²) in [6.45, 7) is 1.70. The van der Waals surface area contributed by atoms with E-state index in [0.29, 0.717) is 16.5 Å². The Bertz CT molecular complexity index is 511. The topological polar surface area (TPSA) is 63.6 Å². The van der Waals surface area contributed by atoms with E-state index in [0.717, 1.165) is 17.7 Å². The number of aliphatic carboxylic acids is 1. The van der Waals surface area contributed by atoms with E-state index in [2.05, 4.69) is 0 Å². The molecule has 0 amide bonds. The zero-order chi connectivity index (χ0) is 14.4. The number of carboxylic acid groups (broad SMARTS) is 1. The van der Waals surface area contributed by atoms with Gasteiger partial charge in [-0.1, -0.05) is 29.3 Å². The summed E-state index contributed by atoms with van der Waals surface area (Å²) in [7, 11) is 0. The number of carbonyl (C=O) groups excluding carboxylic acids is 1. The maximum atomic E-state index is 11.2. The van der Waals surface area contributed by atoms with Crippen molar-refractivity contribution in [2.24, 2.45) is 0 Å². The number of benzene rings is 1. The SMILES string of the molecule is C[C@H](Cc1ccc(Cl)c(Cl)c1)OC(=O)/C=C\C(=O)O. The summed E-state index contributed by atoms with van der Waals surface area (Å²) in [4.78, 5) is 21.5. The van der Waals surface area contributed by atoms with Crippen molar-refractivity contribution < 1.29 is 19.4 Å². The van der Waals surface area contributed by atoms with E-state index in [1.807, 2.05) is 0 Å². The number of carbonyl (C=O) groups is 2. The molecule has 1 aromatic carbocycles. The summed E-state index contributed by atoms with van der Waals surface area (Å²) in [5.41, 5.74) is 0.872. The van der Waals surface area contributed by atoms with Crippen LogP contribution < -0.4 is 0 Å². The second kappa shape index (κ2) is 7.16. The zero-order valence-corrected chi connectivity index (χ0v) is 11.6. The molecule has 0 heterocycles. The Kier molecular flexibility index (Phi) is 5.86. The normalized spacial score (nSPS) is 12.4. The molecule has 0 saturated heterocycles. The third kappa shape index (κ3) is 5.77. The van der Waals surface area contributed by atoms with E-state index in [1.165, 1.54) is 0 Å². The molecule has 4 nitrogen and oxygen atoms in total. The third-order valence-electron chi connectivity index (χ3n) is 2.19. The van der Waals surface area contributed by atoms with Crippen molar-refractivity contribution in [1.82, 2.24) is 0 Å². The molecule has 0 aliphatic heterocycles. The summed E-state index contributed by atoms with van der Waals surface area (Å²) in [5, 5.41) is 9.26. The van der Waals surface area contributed by atoms with Crippen LogP contribution in [0.1, 0.15) is 12.5 Å². The first-order valence-electron chi connectivity index (χ1n) is 5.44. The van der Waals surface area contributed by atoms with E-state index in [1.54, 1.807) is 25.1 Å². The van der Waals surface area contributed by atoms with Gasteiger partial charge in [-0.05, 0) is 24.6 Å². The standard InChI is InChI=1S/C13H12Cl2O4/c1-8(19-13(18)5-4-12(16)17)6-9-2-3-10(14)11(15)7-9/h2-5,7-8H,6H2,1H3,(H,16,17)/b5-4-/t8-/m1/s1. The highest BCUT2D eigenvalue weighted by Gasteiger charge is 2.09. The van der Waals surface area contributed by atoms with Gasteiger partial charge in [0.2, 0.25) is 0 Å². The summed E-state index contributed by atoms with van der Waals surface area (Å²) < 4.78 is 5.01. The number of hydrogen-bond acceptors (Lipinski definition) is 3. The smallest absolute Gasteiger partial charge is 0.331 e. The van der Waals surface area contributed by atoms with E-state index in [-0.39, 0.29) is 0 Å². The highest BCUT2D eigenvalue weighted by molar-refractivity contribution is 6.42. The van der Waals surface area contributed by atoms with Crippen LogP contribution in [0, 0.1) is 0 Å². The lowest BCUT2D eigenvalue weighted by Crippen LogP contribution is -2.16. The molecule has 6 heteroatoms. The van der Waals surface area contributed by atoms with Crippen molar-refractivity contribution in [1.29, 1.82) is 0 Å². The van der Waals surface area contributed by atoms with Gasteiger partial charge in [0.15, 0.2) is 0 Å². The van der Waals surface area contributed by atoms with Crippen molar-refractivity contribution >= 4 is 35.1 Å². The molecule has 0 unspecified atom stereocenters. The van der Waals surface area contributed by atoms with Crippen molar-refractivity contribution in [3.05, 3.63) is 46.0 Å². The minimum absolute atomic E-state index is 0.400. The van der Waals surface area contributed by atoms with E-state index >= 15 is 0 Å². The molecule has 0 aliphatic carbocycles. The summed E-state index contributed by atoms with van der Waals surface area (Å²) in [6, 6.07) is 5.14. The number of hydrogen-bond donors (Lipinski definition) is 1. The molecule has 0 bridgehead atoms. The number of rotatable bonds is 5. The van der Waals surface area contributed by atoms with E-state index in [9.17, 15) is 9.59 Å². The average molecular weight is 303 g/mol. The van der Waals surface area contributed by atoms with Gasteiger partial charge in [0.25, 0.3) is 0 Å².